The lowest BCUT2D eigenvalue weighted by Crippen LogP contribution is -1.92. The molecular formula is C8H10FNOS. The molecule has 0 fully saturated rings. The van der Waals surface area contributed by atoms with Crippen LogP contribution in [0.4, 0.5) is 10.1 Å². The molecule has 0 heterocycles. The van der Waals surface area contributed by atoms with Crippen LogP contribution in [-0.4, -0.2) is 11.4 Å². The predicted octanol–water partition coefficient (Wildman–Crippen LogP) is 2.01. The van der Waals surface area contributed by atoms with Gasteiger partial charge in [-0.25, -0.2) is 4.39 Å². The van der Waals surface area contributed by atoms with Crippen molar-refractivity contribution < 1.29 is 9.50 Å². The molecule has 0 radical (unpaired) electrons. The number of benzene rings is 1. The summed E-state index contributed by atoms with van der Waals surface area (Å²) < 4.78 is 15.8. The van der Waals surface area contributed by atoms with Gasteiger partial charge in [0.1, 0.15) is 5.82 Å². The second-order valence-corrected chi connectivity index (χ2v) is 2.88. The fourth-order valence-electron chi connectivity index (χ4n) is 0.877. The number of hydrogen-bond donors (Lipinski definition) is 2. The molecule has 4 heteroatoms. The third-order valence-corrected chi connectivity index (χ3v) is 1.88. The summed E-state index contributed by atoms with van der Waals surface area (Å²) in [5.74, 6) is -0.371. The second kappa shape index (κ2) is 4.33. The van der Waals surface area contributed by atoms with E-state index in [1.165, 1.54) is 18.0 Å². The van der Waals surface area contributed by atoms with E-state index in [1.807, 2.05) is 6.26 Å². The first-order chi connectivity index (χ1) is 5.77. The number of hydrogen-bond acceptors (Lipinski definition) is 3. The molecule has 0 aliphatic heterocycles. The molecule has 2 nitrogen and oxygen atoms in total. The first-order valence-corrected chi connectivity index (χ1v) is 4.68. The van der Waals surface area contributed by atoms with Crippen molar-refractivity contribution in [2.24, 2.45) is 0 Å². The Morgan fingerprint density at radius 3 is 2.92 bits per heavy atom. The lowest BCUT2D eigenvalue weighted by Gasteiger charge is -2.04. The summed E-state index contributed by atoms with van der Waals surface area (Å²) in [6, 6.07) is 4.56. The highest BCUT2D eigenvalue weighted by Crippen LogP contribution is 2.16. The van der Waals surface area contributed by atoms with E-state index in [4.69, 9.17) is 5.11 Å². The topological polar surface area (TPSA) is 32.3 Å². The minimum atomic E-state index is -0.371. The molecule has 0 aliphatic carbocycles. The number of anilines is 1. The standard InChI is InChI=1S/C8H10FNOS/c1-12-10-7-2-3-8(9)6(4-7)5-11/h2-4,10-11H,5H2,1H3. The largest absolute Gasteiger partial charge is 0.392 e. The monoisotopic (exact) mass is 187 g/mol. The van der Waals surface area contributed by atoms with E-state index in [2.05, 4.69) is 4.72 Å². The van der Waals surface area contributed by atoms with Crippen LogP contribution in [0.5, 0.6) is 0 Å². The zero-order valence-electron chi connectivity index (χ0n) is 6.67. The fourth-order valence-corrected chi connectivity index (χ4v) is 1.24. The number of aliphatic hydroxyl groups is 1. The highest BCUT2D eigenvalue weighted by atomic mass is 32.2. The van der Waals surface area contributed by atoms with Crippen molar-refractivity contribution >= 4 is 17.6 Å². The van der Waals surface area contributed by atoms with E-state index in [0.29, 0.717) is 5.56 Å². The van der Waals surface area contributed by atoms with Crippen LogP contribution in [0.2, 0.25) is 0 Å². The molecule has 12 heavy (non-hydrogen) atoms. The van der Waals surface area contributed by atoms with E-state index >= 15 is 0 Å². The van der Waals surface area contributed by atoms with Gasteiger partial charge in [-0.2, -0.15) is 0 Å². The predicted molar refractivity (Wildman–Crippen MR) is 49.5 cm³/mol. The Morgan fingerprint density at radius 1 is 1.58 bits per heavy atom. The summed E-state index contributed by atoms with van der Waals surface area (Å²) in [4.78, 5) is 0. The van der Waals surface area contributed by atoms with Crippen LogP contribution in [0.1, 0.15) is 5.56 Å². The molecule has 0 unspecified atom stereocenters. The molecule has 0 amide bonds. The Kier molecular flexibility index (Phi) is 3.37. The smallest absolute Gasteiger partial charge is 0.128 e. The van der Waals surface area contributed by atoms with Crippen LogP contribution in [0.3, 0.4) is 0 Å². The van der Waals surface area contributed by atoms with E-state index < -0.39 is 0 Å². The van der Waals surface area contributed by atoms with E-state index in [9.17, 15) is 4.39 Å². The van der Waals surface area contributed by atoms with Gasteiger partial charge in [0.25, 0.3) is 0 Å². The number of nitrogens with one attached hydrogen (secondary N) is 1. The Hall–Kier alpha value is -0.740. The average molecular weight is 187 g/mol. The molecule has 0 bridgehead atoms. The maximum absolute atomic E-state index is 12.8. The van der Waals surface area contributed by atoms with Gasteiger partial charge in [0.05, 0.1) is 6.61 Å². The Labute approximate surface area is 74.9 Å². The van der Waals surface area contributed by atoms with Crippen LogP contribution in [0, 0.1) is 5.82 Å². The van der Waals surface area contributed by atoms with Crippen molar-refractivity contribution in [1.29, 1.82) is 0 Å². The van der Waals surface area contributed by atoms with Gasteiger partial charge in [-0.05, 0) is 18.2 Å². The molecule has 0 saturated heterocycles. The van der Waals surface area contributed by atoms with Crippen LogP contribution < -0.4 is 4.72 Å². The molecule has 2 N–H and O–H groups in total. The van der Waals surface area contributed by atoms with Gasteiger partial charge >= 0.3 is 0 Å². The van der Waals surface area contributed by atoms with E-state index in [1.54, 1.807) is 12.1 Å². The van der Waals surface area contributed by atoms with Crippen LogP contribution in [0.15, 0.2) is 18.2 Å². The average Bonchev–Trinajstić information content (AvgIpc) is 2.09. The summed E-state index contributed by atoms with van der Waals surface area (Å²) in [5, 5.41) is 8.74. The first-order valence-electron chi connectivity index (χ1n) is 3.46. The van der Waals surface area contributed by atoms with Gasteiger partial charge in [-0.1, -0.05) is 11.9 Å². The Bertz CT molecular complexity index is 267. The van der Waals surface area contributed by atoms with Gasteiger partial charge in [-0.3, -0.25) is 0 Å². The van der Waals surface area contributed by atoms with Crippen molar-refractivity contribution in [3.63, 3.8) is 0 Å². The Balaban J connectivity index is 2.89. The highest BCUT2D eigenvalue weighted by molar-refractivity contribution is 7.99. The minimum Gasteiger partial charge on any atom is -0.392 e. The normalized spacial score (nSPS) is 9.92. The number of aliphatic hydroxyl groups excluding tert-OH is 1. The van der Waals surface area contributed by atoms with Crippen LogP contribution in [0.25, 0.3) is 0 Å². The molecular weight excluding hydrogens is 177 g/mol. The zero-order chi connectivity index (χ0) is 8.97. The molecule has 0 saturated carbocycles. The highest BCUT2D eigenvalue weighted by Gasteiger charge is 2.00. The third-order valence-electron chi connectivity index (χ3n) is 1.44. The SMILES string of the molecule is CSNc1ccc(F)c(CO)c1. The molecule has 0 spiro atoms. The number of halogens is 1. The maximum Gasteiger partial charge on any atom is 0.128 e. The summed E-state index contributed by atoms with van der Waals surface area (Å²) in [7, 11) is 0. The van der Waals surface area contributed by atoms with Crippen molar-refractivity contribution in [2.75, 3.05) is 11.0 Å². The van der Waals surface area contributed by atoms with Crippen molar-refractivity contribution in [2.45, 2.75) is 6.61 Å². The molecule has 0 atom stereocenters. The maximum atomic E-state index is 12.8. The summed E-state index contributed by atoms with van der Waals surface area (Å²) in [5.41, 5.74) is 1.11. The third kappa shape index (κ3) is 2.12. The molecule has 1 aromatic rings. The molecule has 1 rings (SSSR count). The van der Waals surface area contributed by atoms with Gasteiger partial charge < -0.3 is 9.83 Å². The van der Waals surface area contributed by atoms with Crippen molar-refractivity contribution in [3.05, 3.63) is 29.6 Å². The summed E-state index contributed by atoms with van der Waals surface area (Å²) >= 11 is 1.43. The zero-order valence-corrected chi connectivity index (χ0v) is 7.49. The van der Waals surface area contributed by atoms with Gasteiger partial charge in [-0.15, -0.1) is 0 Å². The second-order valence-electron chi connectivity index (χ2n) is 2.27. The Morgan fingerprint density at radius 2 is 2.33 bits per heavy atom. The summed E-state index contributed by atoms with van der Waals surface area (Å²) in [6.07, 6.45) is 1.88. The van der Waals surface area contributed by atoms with E-state index in [-0.39, 0.29) is 12.4 Å². The summed E-state index contributed by atoms with van der Waals surface area (Å²) in [6.45, 7) is -0.268. The quantitative estimate of drug-likeness (QED) is 0.710. The van der Waals surface area contributed by atoms with E-state index in [0.717, 1.165) is 5.69 Å². The lowest BCUT2D eigenvalue weighted by molar-refractivity contribution is 0.276. The lowest BCUT2D eigenvalue weighted by atomic mass is 10.2. The first kappa shape index (κ1) is 9.35. The molecule has 0 aromatic heterocycles. The van der Waals surface area contributed by atoms with Gasteiger partial charge in [0.15, 0.2) is 0 Å². The number of rotatable bonds is 3. The van der Waals surface area contributed by atoms with Gasteiger partial charge in [0, 0.05) is 17.5 Å². The van der Waals surface area contributed by atoms with Gasteiger partial charge in [0.2, 0.25) is 0 Å². The fraction of sp³-hybridized carbons (Fsp3) is 0.250. The van der Waals surface area contributed by atoms with Crippen molar-refractivity contribution in [1.82, 2.24) is 0 Å². The van der Waals surface area contributed by atoms with Crippen LogP contribution in [-0.2, 0) is 6.61 Å². The molecule has 0 aliphatic rings. The molecule has 1 aromatic carbocycles. The minimum absolute atomic E-state index is 0.268. The molecule has 66 valence electrons. The van der Waals surface area contributed by atoms with Crippen molar-refractivity contribution in [3.8, 4) is 0 Å². The van der Waals surface area contributed by atoms with Crippen LogP contribution >= 0.6 is 11.9 Å².